The first-order valence-corrected chi connectivity index (χ1v) is 17.9. The van der Waals surface area contributed by atoms with Crippen LogP contribution in [0.2, 0.25) is 0 Å². The van der Waals surface area contributed by atoms with Gasteiger partial charge in [0.1, 0.15) is 35.6 Å². The van der Waals surface area contributed by atoms with E-state index in [4.69, 9.17) is 18.9 Å². The van der Waals surface area contributed by atoms with E-state index in [0.717, 1.165) is 11.1 Å². The van der Waals surface area contributed by atoms with Crippen LogP contribution in [-0.4, -0.2) is 80.9 Å². The minimum atomic E-state index is -1.37. The van der Waals surface area contributed by atoms with Crippen LogP contribution in [0.3, 0.4) is 0 Å². The summed E-state index contributed by atoms with van der Waals surface area (Å²) in [5, 5.41) is 31.6. The molecule has 53 heavy (non-hydrogen) atoms. The zero-order chi connectivity index (χ0) is 39.8. The van der Waals surface area contributed by atoms with Gasteiger partial charge in [0, 0.05) is 32.1 Å². The number of hydrogen-bond acceptors (Lipinski definition) is 11. The van der Waals surface area contributed by atoms with Gasteiger partial charge in [0.2, 0.25) is 0 Å². The molecular weight excluding hydrogens is 680 g/mol. The van der Waals surface area contributed by atoms with Gasteiger partial charge < -0.3 is 34.3 Å². The van der Waals surface area contributed by atoms with Crippen LogP contribution in [0.15, 0.2) is 72.9 Å². The molecule has 0 aromatic heterocycles. The average molecular weight is 747 g/mol. The van der Waals surface area contributed by atoms with Crippen molar-refractivity contribution < 1.29 is 53.4 Å². The first kappa shape index (κ1) is 49.2. The smallest absolute Gasteiger partial charge is 0.309 e. The Morgan fingerprint density at radius 1 is 0.736 bits per heavy atom. The van der Waals surface area contributed by atoms with E-state index in [1.807, 2.05) is 46.8 Å². The molecule has 2 aliphatic rings. The summed E-state index contributed by atoms with van der Waals surface area (Å²) in [5.74, 6) is -2.05. The summed E-state index contributed by atoms with van der Waals surface area (Å²) in [6.45, 7) is 22.6. The lowest BCUT2D eigenvalue weighted by atomic mass is 9.87. The number of aliphatic hydroxyl groups excluding tert-OH is 1. The van der Waals surface area contributed by atoms with Gasteiger partial charge in [-0.15, -0.1) is 0 Å². The second-order valence-electron chi connectivity index (χ2n) is 14.6. The number of hydrogen-bond donors (Lipinski definition) is 3. The molecule has 0 aromatic carbocycles. The molecule has 2 rings (SSSR count). The third-order valence-electron chi connectivity index (χ3n) is 9.17. The highest BCUT2D eigenvalue weighted by atomic mass is 16.6. The number of ether oxygens (including phenoxy) is 4. The number of allylic oxidation sites excluding steroid dienone is 4. The van der Waals surface area contributed by atoms with Crippen molar-refractivity contribution in [2.45, 2.75) is 150 Å². The Morgan fingerprint density at radius 3 is 1.49 bits per heavy atom. The highest BCUT2D eigenvalue weighted by Crippen LogP contribution is 2.29. The van der Waals surface area contributed by atoms with Crippen LogP contribution in [0.4, 0.5) is 0 Å². The topological polar surface area (TPSA) is 166 Å². The van der Waals surface area contributed by atoms with Crippen molar-refractivity contribution in [2.24, 2.45) is 17.8 Å². The normalized spacial score (nSPS) is 34.8. The van der Waals surface area contributed by atoms with Crippen molar-refractivity contribution >= 4 is 23.9 Å². The first-order valence-electron chi connectivity index (χ1n) is 17.9. The highest BCUT2D eigenvalue weighted by Gasteiger charge is 2.36. The molecule has 0 amide bonds. The van der Waals surface area contributed by atoms with Gasteiger partial charge in [0.25, 0.3) is 0 Å². The van der Waals surface area contributed by atoms with E-state index >= 15 is 0 Å². The van der Waals surface area contributed by atoms with Crippen molar-refractivity contribution in [3.63, 3.8) is 0 Å². The van der Waals surface area contributed by atoms with Crippen molar-refractivity contribution in [1.82, 2.24) is 0 Å². The summed E-state index contributed by atoms with van der Waals surface area (Å²) >= 11 is 0. The molecule has 0 fully saturated rings. The standard InChI is InChI=1S/C21H32O5.C20H30O6.CH4/c1-7-8-15(3)20-16(4)9-10-18(25-17(5)22)21(6,24)12-11-14(2)13-19(23)26-20;1-6-7-13(2)19-14(3)8-9-17(25-15(4)21)20(5,24)11-10-16(22)12-18(23)26-19;/h7-10,14,16,18,20,24H,1,11-13H2,2-6H3;6-9,14,16-17,19,22,24H,1,10-12H2,2-5H3;1H4/b10-9+,15-8+;9-8+,13-7+;/t14-,16+,18+,20-,21-;14-,16+,17-,19+,20+;/m10./s1. The lowest BCUT2D eigenvalue weighted by Crippen LogP contribution is -2.42. The van der Waals surface area contributed by atoms with E-state index in [-0.39, 0.29) is 56.8 Å². The van der Waals surface area contributed by atoms with Gasteiger partial charge in [-0.1, -0.05) is 77.8 Å². The van der Waals surface area contributed by atoms with Crippen LogP contribution in [0.5, 0.6) is 0 Å². The fourth-order valence-corrected chi connectivity index (χ4v) is 5.99. The number of aliphatic hydroxyl groups is 3. The van der Waals surface area contributed by atoms with Crippen molar-refractivity contribution in [3.8, 4) is 0 Å². The molecule has 0 aliphatic carbocycles. The summed E-state index contributed by atoms with van der Waals surface area (Å²) in [6, 6.07) is 0. The van der Waals surface area contributed by atoms with E-state index in [0.29, 0.717) is 12.8 Å². The molecule has 2 aliphatic heterocycles. The Morgan fingerprint density at radius 2 is 1.11 bits per heavy atom. The van der Waals surface area contributed by atoms with E-state index in [2.05, 4.69) is 13.2 Å². The van der Waals surface area contributed by atoms with Crippen LogP contribution in [0, 0.1) is 17.8 Å². The number of rotatable bonds is 6. The SMILES string of the molecule is C.C=C/C=C(\C)[C@H]1OC(=O)C[C@H](C)CC[C@@](C)(O)[C@@H](OC(C)=O)/C=C/[C@@H]1C.C=C/C=C(\C)[C@H]1OC(=O)C[C@H](O)CC[C@@](C)(O)[C@@H](OC(C)=O)/C=C/[C@@H]1C. The average Bonchev–Trinajstić information content (AvgIpc) is 3.03. The summed E-state index contributed by atoms with van der Waals surface area (Å²) in [4.78, 5) is 47.3. The number of cyclic esters (lactones) is 2. The number of esters is 4. The van der Waals surface area contributed by atoms with Crippen molar-refractivity contribution in [1.29, 1.82) is 0 Å². The largest absolute Gasteiger partial charge is 0.457 e. The minimum absolute atomic E-state index is 0. The maximum absolute atomic E-state index is 12.3. The fraction of sp³-hybridized carbons (Fsp3) is 0.619. The first-order chi connectivity index (χ1) is 24.1. The summed E-state index contributed by atoms with van der Waals surface area (Å²) in [5.41, 5.74) is -0.896. The maximum Gasteiger partial charge on any atom is 0.309 e. The highest BCUT2D eigenvalue weighted by molar-refractivity contribution is 5.71. The van der Waals surface area contributed by atoms with Gasteiger partial charge in [-0.25, -0.2) is 0 Å². The van der Waals surface area contributed by atoms with Crippen LogP contribution in [0.1, 0.15) is 108 Å². The van der Waals surface area contributed by atoms with E-state index in [1.54, 1.807) is 50.3 Å². The van der Waals surface area contributed by atoms with Crippen LogP contribution in [0.25, 0.3) is 0 Å². The Kier molecular flexibility index (Phi) is 21.4. The van der Waals surface area contributed by atoms with Crippen LogP contribution >= 0.6 is 0 Å². The second kappa shape index (κ2) is 23.1. The van der Waals surface area contributed by atoms with E-state index in [9.17, 15) is 34.5 Å². The Labute approximate surface area is 317 Å². The molecule has 2 heterocycles. The lowest BCUT2D eigenvalue weighted by molar-refractivity contribution is -0.158. The van der Waals surface area contributed by atoms with Crippen LogP contribution in [-0.2, 0) is 38.1 Å². The van der Waals surface area contributed by atoms with Gasteiger partial charge in [-0.05, 0) is 82.6 Å². The summed E-state index contributed by atoms with van der Waals surface area (Å²) < 4.78 is 21.9. The third kappa shape index (κ3) is 17.7. The Bertz CT molecular complexity index is 1250. The van der Waals surface area contributed by atoms with Crippen molar-refractivity contribution in [2.75, 3.05) is 0 Å². The predicted octanol–water partition coefficient (Wildman–Crippen LogP) is 6.81. The van der Waals surface area contributed by atoms with E-state index in [1.165, 1.54) is 13.8 Å². The Balaban J connectivity index is 0.00000100. The van der Waals surface area contributed by atoms with Gasteiger partial charge >= 0.3 is 23.9 Å². The monoisotopic (exact) mass is 746 g/mol. The zero-order valence-corrected chi connectivity index (χ0v) is 32.5. The molecule has 10 atom stereocenters. The molecule has 0 saturated carbocycles. The molecule has 3 N–H and O–H groups in total. The fourth-order valence-electron chi connectivity index (χ4n) is 5.99. The minimum Gasteiger partial charge on any atom is -0.457 e. The molecule has 11 nitrogen and oxygen atoms in total. The molecule has 0 spiro atoms. The molecule has 0 bridgehead atoms. The molecule has 300 valence electrons. The predicted molar refractivity (Wildman–Crippen MR) is 206 cm³/mol. The molecule has 0 aromatic rings. The van der Waals surface area contributed by atoms with Gasteiger partial charge in [0.15, 0.2) is 0 Å². The summed E-state index contributed by atoms with van der Waals surface area (Å²) in [6.07, 6.45) is 11.7. The van der Waals surface area contributed by atoms with E-state index < -0.39 is 59.6 Å². The molecule has 0 radical (unpaired) electrons. The van der Waals surface area contributed by atoms with Gasteiger partial charge in [0.05, 0.1) is 12.5 Å². The quantitative estimate of drug-likeness (QED) is 0.113. The second-order valence-corrected chi connectivity index (χ2v) is 14.6. The number of carbonyl (C=O) groups excluding carboxylic acids is 4. The third-order valence-corrected chi connectivity index (χ3v) is 9.17. The number of carbonyl (C=O) groups is 4. The molecule has 11 heteroatoms. The molecular formula is C42H66O11. The maximum atomic E-state index is 12.3. The van der Waals surface area contributed by atoms with Crippen LogP contribution < -0.4 is 0 Å². The molecule has 0 unspecified atom stereocenters. The molecule has 0 saturated heterocycles. The van der Waals surface area contributed by atoms with Crippen molar-refractivity contribution in [3.05, 3.63) is 72.9 Å². The van der Waals surface area contributed by atoms with Gasteiger partial charge in [-0.3, -0.25) is 19.2 Å². The van der Waals surface area contributed by atoms with Gasteiger partial charge in [-0.2, -0.15) is 0 Å². The zero-order valence-electron chi connectivity index (χ0n) is 32.5. The Hall–Kier alpha value is -3.80. The summed E-state index contributed by atoms with van der Waals surface area (Å²) in [7, 11) is 0. The lowest BCUT2D eigenvalue weighted by Gasteiger charge is -2.32.